The van der Waals surface area contributed by atoms with Crippen molar-refractivity contribution in [3.63, 3.8) is 0 Å². The molecule has 28 heavy (non-hydrogen) atoms. The smallest absolute Gasteiger partial charge is 0.387 e. The van der Waals surface area contributed by atoms with Crippen molar-refractivity contribution in [2.75, 3.05) is 19.6 Å². The molecule has 0 aliphatic carbocycles. The zero-order valence-corrected chi connectivity index (χ0v) is 17.1. The highest BCUT2D eigenvalue weighted by Crippen LogP contribution is 2.51. The van der Waals surface area contributed by atoms with Gasteiger partial charge in [0.25, 0.3) is 0 Å². The number of halogens is 2. The molecule has 4 rings (SSSR count). The van der Waals surface area contributed by atoms with Gasteiger partial charge in [-0.3, -0.25) is 4.90 Å². The van der Waals surface area contributed by atoms with E-state index in [1.165, 1.54) is 12.1 Å². The second-order valence-corrected chi connectivity index (χ2v) is 10.6. The molecule has 1 spiro atoms. The van der Waals surface area contributed by atoms with Gasteiger partial charge >= 0.3 is 6.61 Å². The monoisotopic (exact) mass is 414 g/mol. The Balaban J connectivity index is 1.40. The lowest BCUT2D eigenvalue weighted by Gasteiger charge is -2.57. The van der Waals surface area contributed by atoms with Gasteiger partial charge in [-0.25, -0.2) is 8.51 Å². The van der Waals surface area contributed by atoms with Gasteiger partial charge in [-0.15, -0.1) is 0 Å². The zero-order chi connectivity index (χ0) is 20.1. The third kappa shape index (κ3) is 4.10. The molecule has 1 aromatic rings. The Bertz CT molecular complexity index is 716. The molecule has 2 bridgehead atoms. The van der Waals surface area contributed by atoms with Crippen LogP contribution in [0.15, 0.2) is 29.2 Å². The molecule has 3 fully saturated rings. The maximum absolute atomic E-state index is 13.2. The highest BCUT2D eigenvalue weighted by atomic mass is 32.2. The third-order valence-electron chi connectivity index (χ3n) is 6.06. The van der Waals surface area contributed by atoms with Gasteiger partial charge in [0.15, 0.2) is 0 Å². The van der Waals surface area contributed by atoms with Crippen LogP contribution < -0.4 is 4.74 Å². The summed E-state index contributed by atoms with van der Waals surface area (Å²) < 4.78 is 44.3. The largest absolute Gasteiger partial charge is 0.435 e. The Labute approximate surface area is 167 Å². The van der Waals surface area contributed by atoms with Gasteiger partial charge in [-0.1, -0.05) is 0 Å². The van der Waals surface area contributed by atoms with Crippen molar-refractivity contribution < 1.29 is 22.8 Å². The molecular weight excluding hydrogens is 386 g/mol. The van der Waals surface area contributed by atoms with Gasteiger partial charge < -0.3 is 9.84 Å². The number of benzene rings is 1. The minimum atomic E-state index is -2.86. The number of rotatable bonds is 6. The lowest BCUT2D eigenvalue weighted by atomic mass is 9.69. The molecule has 8 heteroatoms. The first kappa shape index (κ1) is 20.2. The minimum absolute atomic E-state index is 0.0812. The fourth-order valence-corrected chi connectivity index (χ4v) is 6.87. The van der Waals surface area contributed by atoms with E-state index < -0.39 is 23.2 Å². The fourth-order valence-electron chi connectivity index (χ4n) is 5.35. The maximum atomic E-state index is 13.2. The maximum Gasteiger partial charge on any atom is 0.387 e. The van der Waals surface area contributed by atoms with Crippen molar-refractivity contribution in [2.24, 2.45) is 5.41 Å². The van der Waals surface area contributed by atoms with E-state index >= 15 is 0 Å². The van der Waals surface area contributed by atoms with Gasteiger partial charge in [0, 0.05) is 31.7 Å². The molecular formula is C20H28F2N2O3S. The number of piperidine rings is 1. The highest BCUT2D eigenvalue weighted by Gasteiger charge is 2.55. The summed E-state index contributed by atoms with van der Waals surface area (Å²) in [7, 11) is -1.29. The summed E-state index contributed by atoms with van der Waals surface area (Å²) in [6.07, 6.45) is 4.17. The molecule has 3 saturated heterocycles. The van der Waals surface area contributed by atoms with E-state index in [4.69, 9.17) is 0 Å². The number of likely N-dealkylation sites (tertiary alicyclic amines) is 1. The normalized spacial score (nSPS) is 28.5. The number of ether oxygens (including phenoxy) is 1. The Kier molecular flexibility index (Phi) is 5.27. The molecule has 0 radical (unpaired) electrons. The van der Waals surface area contributed by atoms with Crippen molar-refractivity contribution in [1.29, 1.82) is 0 Å². The minimum Gasteiger partial charge on any atom is -0.435 e. The van der Waals surface area contributed by atoms with Gasteiger partial charge in [-0.05, 0) is 69.2 Å². The number of fused-ring (bicyclic) bond motifs is 2. The average molecular weight is 415 g/mol. The van der Waals surface area contributed by atoms with Gasteiger partial charge in [-0.2, -0.15) is 8.78 Å². The summed E-state index contributed by atoms with van der Waals surface area (Å²) in [5.74, 6) is 0.0812. The lowest BCUT2D eigenvalue weighted by molar-refractivity contribution is -0.0847. The second-order valence-electron chi connectivity index (χ2n) is 9.21. The Morgan fingerprint density at radius 1 is 1.21 bits per heavy atom. The van der Waals surface area contributed by atoms with Crippen molar-refractivity contribution >= 4 is 11.0 Å². The predicted octanol–water partition coefficient (Wildman–Crippen LogP) is 3.01. The molecule has 1 aromatic carbocycles. The molecule has 0 aromatic heterocycles. The van der Waals surface area contributed by atoms with Crippen molar-refractivity contribution in [3.05, 3.63) is 24.3 Å². The number of nitrogens with zero attached hydrogens (tertiary/aromatic N) is 2. The number of hydrogen-bond acceptors (Lipinski definition) is 4. The molecule has 1 N–H and O–H groups in total. The topological polar surface area (TPSA) is 53.0 Å². The number of hydrogen-bond donors (Lipinski definition) is 1. The van der Waals surface area contributed by atoms with Crippen LogP contribution in [0, 0.1) is 5.41 Å². The van der Waals surface area contributed by atoms with Gasteiger partial charge in [0.1, 0.15) is 16.7 Å². The third-order valence-corrected chi connectivity index (χ3v) is 7.72. The first-order valence-corrected chi connectivity index (χ1v) is 10.9. The lowest BCUT2D eigenvalue weighted by Crippen LogP contribution is -2.64. The van der Waals surface area contributed by atoms with E-state index in [-0.39, 0.29) is 11.2 Å². The van der Waals surface area contributed by atoms with Crippen LogP contribution in [0.25, 0.3) is 0 Å². The predicted molar refractivity (Wildman–Crippen MR) is 103 cm³/mol. The van der Waals surface area contributed by atoms with E-state index in [0.717, 1.165) is 38.8 Å². The summed E-state index contributed by atoms with van der Waals surface area (Å²) in [5.41, 5.74) is -0.393. The fraction of sp³-hybridized carbons (Fsp3) is 0.700. The van der Waals surface area contributed by atoms with Crippen molar-refractivity contribution in [2.45, 2.75) is 68.7 Å². The summed E-state index contributed by atoms with van der Waals surface area (Å²) in [6, 6.07) is 6.72. The van der Waals surface area contributed by atoms with E-state index in [9.17, 15) is 18.1 Å². The molecule has 3 aliphatic rings. The summed E-state index contributed by atoms with van der Waals surface area (Å²) >= 11 is 0. The van der Waals surface area contributed by atoms with E-state index in [0.29, 0.717) is 23.5 Å². The molecule has 3 atom stereocenters. The second kappa shape index (κ2) is 7.31. The SMILES string of the molecule is CC(C)(O)CN1CC2(CC3CCC(C2)N3S(=O)c2ccc(OC(F)F)cc2)C1. The summed E-state index contributed by atoms with van der Waals surface area (Å²) in [4.78, 5) is 2.94. The first-order valence-electron chi connectivity index (χ1n) is 9.84. The number of β-amino-alcohol motifs (C(OH)–C–C–N with tert-alkyl or cyclic N) is 1. The van der Waals surface area contributed by atoms with E-state index in [1.807, 2.05) is 13.8 Å². The Morgan fingerprint density at radius 3 is 2.29 bits per heavy atom. The van der Waals surface area contributed by atoms with E-state index in [2.05, 4.69) is 13.9 Å². The van der Waals surface area contributed by atoms with Crippen LogP contribution in [0.3, 0.4) is 0 Å². The number of aliphatic hydroxyl groups is 1. The molecule has 3 heterocycles. The van der Waals surface area contributed by atoms with Crippen LogP contribution in [0.4, 0.5) is 8.78 Å². The van der Waals surface area contributed by atoms with Crippen LogP contribution in [0.2, 0.25) is 0 Å². The average Bonchev–Trinajstić information content (AvgIpc) is 2.83. The Hall–Kier alpha value is -1.09. The summed E-state index contributed by atoms with van der Waals surface area (Å²) in [5, 5.41) is 10.0. The molecule has 3 aliphatic heterocycles. The highest BCUT2D eigenvalue weighted by molar-refractivity contribution is 7.82. The number of alkyl halides is 2. The molecule has 5 nitrogen and oxygen atoms in total. The van der Waals surface area contributed by atoms with Crippen molar-refractivity contribution in [1.82, 2.24) is 9.21 Å². The Morgan fingerprint density at radius 2 is 1.79 bits per heavy atom. The quantitative estimate of drug-likeness (QED) is 0.778. The van der Waals surface area contributed by atoms with Gasteiger partial charge in [0.2, 0.25) is 0 Å². The molecule has 0 saturated carbocycles. The van der Waals surface area contributed by atoms with Crippen LogP contribution in [-0.4, -0.2) is 62.5 Å². The van der Waals surface area contributed by atoms with Crippen LogP contribution in [0.5, 0.6) is 5.75 Å². The zero-order valence-electron chi connectivity index (χ0n) is 16.3. The van der Waals surface area contributed by atoms with Crippen LogP contribution in [-0.2, 0) is 11.0 Å². The molecule has 0 amide bonds. The summed E-state index contributed by atoms with van der Waals surface area (Å²) in [6.45, 7) is 3.51. The van der Waals surface area contributed by atoms with Crippen LogP contribution in [0.1, 0.15) is 39.5 Å². The first-order chi connectivity index (χ1) is 13.1. The van der Waals surface area contributed by atoms with E-state index in [1.54, 1.807) is 12.1 Å². The molecule has 156 valence electrons. The van der Waals surface area contributed by atoms with Crippen molar-refractivity contribution in [3.8, 4) is 5.75 Å². The standard InChI is InChI=1S/C20H28F2N2O3S/c1-19(2,25)11-23-12-20(13-23)9-14-3-4-15(10-20)24(14)28(26)17-7-5-16(6-8-17)27-18(21)22/h5-8,14-15,18,25H,3-4,9-13H2,1-2H3. The van der Waals surface area contributed by atoms with Gasteiger partial charge in [0.05, 0.1) is 10.5 Å². The molecule has 3 unspecified atom stereocenters. The van der Waals surface area contributed by atoms with Crippen LogP contribution >= 0.6 is 0 Å².